The number of hydrogen-bond donors (Lipinski definition) is 2. The van der Waals surface area contributed by atoms with Crippen molar-refractivity contribution in [1.29, 1.82) is 0 Å². The summed E-state index contributed by atoms with van der Waals surface area (Å²) >= 11 is 1.43. The number of rotatable bonds is 4. The molecule has 0 amide bonds. The van der Waals surface area contributed by atoms with Crippen LogP contribution in [0.15, 0.2) is 26.9 Å². The lowest BCUT2D eigenvalue weighted by Gasteiger charge is -2.14. The van der Waals surface area contributed by atoms with Crippen molar-refractivity contribution in [1.82, 2.24) is 4.98 Å². The van der Waals surface area contributed by atoms with Gasteiger partial charge in [0.25, 0.3) is 0 Å². The summed E-state index contributed by atoms with van der Waals surface area (Å²) in [5, 5.41) is 13.6. The number of aromatic hydroxyl groups is 1. The summed E-state index contributed by atoms with van der Waals surface area (Å²) in [6, 6.07) is 1.74. The molecule has 2 heterocycles. The van der Waals surface area contributed by atoms with Crippen LogP contribution < -0.4 is 10.3 Å². The highest BCUT2D eigenvalue weighted by Crippen LogP contribution is 2.32. The standard InChI is InChI=1S/C18H20N2O3S/c1-5-11-6-12-16(22)14(18-19-10(2)9-24-18)8-23-17(12)13(15(11)21)7-20(3)4/h6,8-9,21H,5,7H2,1-4H3/p+1. The first-order valence-corrected chi connectivity index (χ1v) is 8.81. The number of phenolic OH excluding ortho intramolecular Hbond substituents is 1. The van der Waals surface area contributed by atoms with Gasteiger partial charge in [-0.2, -0.15) is 0 Å². The zero-order chi connectivity index (χ0) is 17.4. The third kappa shape index (κ3) is 2.83. The summed E-state index contributed by atoms with van der Waals surface area (Å²) in [4.78, 5) is 18.5. The lowest BCUT2D eigenvalue weighted by atomic mass is 10.0. The number of aromatic nitrogens is 1. The first kappa shape index (κ1) is 16.7. The smallest absolute Gasteiger partial charge is 0.202 e. The molecule has 2 N–H and O–H groups in total. The fourth-order valence-corrected chi connectivity index (χ4v) is 3.60. The van der Waals surface area contributed by atoms with E-state index in [1.807, 2.05) is 33.3 Å². The van der Waals surface area contributed by atoms with Crippen LogP contribution in [0.25, 0.3) is 21.5 Å². The molecule has 0 saturated heterocycles. The van der Waals surface area contributed by atoms with Crippen LogP contribution in [-0.4, -0.2) is 24.2 Å². The monoisotopic (exact) mass is 345 g/mol. The molecule has 1 aromatic carbocycles. The summed E-state index contributed by atoms with van der Waals surface area (Å²) in [5.74, 6) is 0.229. The minimum Gasteiger partial charge on any atom is -0.507 e. The molecule has 126 valence electrons. The summed E-state index contributed by atoms with van der Waals surface area (Å²) in [7, 11) is 3.99. The van der Waals surface area contributed by atoms with E-state index < -0.39 is 0 Å². The molecule has 0 saturated carbocycles. The second kappa shape index (κ2) is 6.37. The summed E-state index contributed by atoms with van der Waals surface area (Å²) in [5.41, 5.74) is 3.16. The van der Waals surface area contributed by atoms with Crippen molar-refractivity contribution in [2.75, 3.05) is 14.1 Å². The maximum absolute atomic E-state index is 13.0. The number of hydrogen-bond acceptors (Lipinski definition) is 5. The Morgan fingerprint density at radius 1 is 1.38 bits per heavy atom. The van der Waals surface area contributed by atoms with E-state index in [1.165, 1.54) is 17.6 Å². The van der Waals surface area contributed by atoms with Gasteiger partial charge >= 0.3 is 0 Å². The average molecular weight is 345 g/mol. The quantitative estimate of drug-likeness (QED) is 0.760. The highest BCUT2D eigenvalue weighted by atomic mass is 32.1. The van der Waals surface area contributed by atoms with Gasteiger partial charge in [0.05, 0.1) is 30.6 Å². The van der Waals surface area contributed by atoms with E-state index in [2.05, 4.69) is 4.98 Å². The minimum atomic E-state index is -0.102. The second-order valence-electron chi connectivity index (χ2n) is 6.25. The van der Waals surface area contributed by atoms with Gasteiger partial charge in [-0.15, -0.1) is 11.3 Å². The van der Waals surface area contributed by atoms with Crippen LogP contribution >= 0.6 is 11.3 Å². The highest BCUT2D eigenvalue weighted by Gasteiger charge is 2.20. The number of thiazole rings is 1. The van der Waals surface area contributed by atoms with Crippen LogP contribution in [0.1, 0.15) is 23.7 Å². The molecule has 0 fully saturated rings. The van der Waals surface area contributed by atoms with Crippen molar-refractivity contribution in [3.63, 3.8) is 0 Å². The molecular formula is C18H21N2O3S+. The lowest BCUT2D eigenvalue weighted by Crippen LogP contribution is -3.04. The molecule has 2 aromatic heterocycles. The predicted molar refractivity (Wildman–Crippen MR) is 95.9 cm³/mol. The number of phenols is 1. The maximum atomic E-state index is 13.0. The number of benzene rings is 1. The van der Waals surface area contributed by atoms with Gasteiger partial charge in [0, 0.05) is 11.1 Å². The fourth-order valence-electron chi connectivity index (χ4n) is 2.80. The number of nitrogens with zero attached hydrogens (tertiary/aromatic N) is 1. The average Bonchev–Trinajstić information content (AvgIpc) is 2.96. The molecule has 3 rings (SSSR count). The van der Waals surface area contributed by atoms with Crippen LogP contribution in [0.3, 0.4) is 0 Å². The van der Waals surface area contributed by atoms with E-state index in [0.717, 1.165) is 16.2 Å². The summed E-state index contributed by atoms with van der Waals surface area (Å²) < 4.78 is 5.79. The van der Waals surface area contributed by atoms with Crippen molar-refractivity contribution >= 4 is 22.3 Å². The van der Waals surface area contributed by atoms with Crippen LogP contribution in [0.5, 0.6) is 5.75 Å². The van der Waals surface area contributed by atoms with E-state index in [0.29, 0.717) is 40.1 Å². The van der Waals surface area contributed by atoms with E-state index in [1.54, 1.807) is 6.07 Å². The molecule has 5 nitrogen and oxygen atoms in total. The Morgan fingerprint density at radius 2 is 2.12 bits per heavy atom. The fraction of sp³-hybridized carbons (Fsp3) is 0.333. The minimum absolute atomic E-state index is 0.102. The van der Waals surface area contributed by atoms with Gasteiger partial charge in [-0.1, -0.05) is 6.92 Å². The Bertz CT molecular complexity index is 957. The number of nitrogens with one attached hydrogen (secondary N) is 1. The summed E-state index contributed by atoms with van der Waals surface area (Å²) in [6.07, 6.45) is 2.11. The third-order valence-electron chi connectivity index (χ3n) is 3.97. The van der Waals surface area contributed by atoms with Gasteiger partial charge in [0.15, 0.2) is 0 Å². The number of quaternary nitrogens is 1. The van der Waals surface area contributed by atoms with Gasteiger partial charge in [-0.25, -0.2) is 4.98 Å². The molecule has 0 aliphatic carbocycles. The van der Waals surface area contributed by atoms with E-state index >= 15 is 0 Å². The molecular weight excluding hydrogens is 324 g/mol. The Hall–Kier alpha value is -2.18. The molecule has 0 aliphatic rings. The zero-order valence-electron chi connectivity index (χ0n) is 14.3. The van der Waals surface area contributed by atoms with Crippen LogP contribution in [0, 0.1) is 6.92 Å². The summed E-state index contributed by atoms with van der Waals surface area (Å²) in [6.45, 7) is 4.44. The van der Waals surface area contributed by atoms with Gasteiger partial charge in [-0.3, -0.25) is 4.79 Å². The van der Waals surface area contributed by atoms with Crippen molar-refractivity contribution in [3.8, 4) is 16.3 Å². The third-order valence-corrected chi connectivity index (χ3v) is 4.97. The molecule has 3 aromatic rings. The normalized spacial score (nSPS) is 11.5. The van der Waals surface area contributed by atoms with Crippen molar-refractivity contribution in [2.45, 2.75) is 26.8 Å². The van der Waals surface area contributed by atoms with E-state index in [-0.39, 0.29) is 11.2 Å². The molecule has 24 heavy (non-hydrogen) atoms. The molecule has 6 heteroatoms. The zero-order valence-corrected chi connectivity index (χ0v) is 15.1. The van der Waals surface area contributed by atoms with Gasteiger partial charge in [-0.05, 0) is 25.0 Å². The topological polar surface area (TPSA) is 67.8 Å². The Kier molecular flexibility index (Phi) is 4.43. The highest BCUT2D eigenvalue weighted by molar-refractivity contribution is 7.13. The van der Waals surface area contributed by atoms with Gasteiger partial charge in [0.2, 0.25) is 5.43 Å². The van der Waals surface area contributed by atoms with E-state index in [9.17, 15) is 9.90 Å². The molecule has 0 aliphatic heterocycles. The van der Waals surface area contributed by atoms with Crippen LogP contribution in [-0.2, 0) is 13.0 Å². The Balaban J connectivity index is 2.32. The molecule has 0 spiro atoms. The Labute approximate surface area is 144 Å². The van der Waals surface area contributed by atoms with Crippen molar-refractivity contribution in [3.05, 3.63) is 44.8 Å². The maximum Gasteiger partial charge on any atom is 0.202 e. The van der Waals surface area contributed by atoms with E-state index in [4.69, 9.17) is 4.42 Å². The Morgan fingerprint density at radius 3 is 2.71 bits per heavy atom. The molecule has 0 radical (unpaired) electrons. The second-order valence-corrected chi connectivity index (χ2v) is 7.11. The largest absolute Gasteiger partial charge is 0.507 e. The van der Waals surface area contributed by atoms with Crippen molar-refractivity contribution in [2.24, 2.45) is 0 Å². The van der Waals surface area contributed by atoms with Gasteiger partial charge in [0.1, 0.15) is 29.1 Å². The first-order chi connectivity index (χ1) is 11.4. The van der Waals surface area contributed by atoms with Crippen molar-refractivity contribution < 1.29 is 14.4 Å². The molecule has 0 bridgehead atoms. The first-order valence-electron chi connectivity index (χ1n) is 7.93. The van der Waals surface area contributed by atoms with Crippen LogP contribution in [0.4, 0.5) is 0 Å². The van der Waals surface area contributed by atoms with Gasteiger partial charge < -0.3 is 14.4 Å². The predicted octanol–water partition coefficient (Wildman–Crippen LogP) is 2.14. The molecule has 0 unspecified atom stereocenters. The molecule has 0 atom stereocenters. The lowest BCUT2D eigenvalue weighted by molar-refractivity contribution is -0.872. The number of aryl methyl sites for hydroxylation is 2. The van der Waals surface area contributed by atoms with Crippen LogP contribution in [0.2, 0.25) is 0 Å². The number of fused-ring (bicyclic) bond motifs is 1. The SMILES string of the molecule is CCc1cc2c(=O)c(-c3nc(C)cs3)coc2c(C[NH+](C)C)c1O.